The average molecular weight is 442 g/mol. The lowest BCUT2D eigenvalue weighted by atomic mass is 9.46. The summed E-state index contributed by atoms with van der Waals surface area (Å²) in [5, 5.41) is 13.5. The van der Waals surface area contributed by atoms with Gasteiger partial charge in [0.1, 0.15) is 5.82 Å². The van der Waals surface area contributed by atoms with Crippen LogP contribution in [0.25, 0.3) is 0 Å². The van der Waals surface area contributed by atoms with Gasteiger partial charge in [-0.3, -0.25) is 4.79 Å². The van der Waals surface area contributed by atoms with Gasteiger partial charge < -0.3 is 10.4 Å². The first-order valence-electron chi connectivity index (χ1n) is 12.1. The molecule has 0 aliphatic heterocycles. The standard InChI is InChI=1S/C28H40FNO2/c1-19(18-26(32)30-17-15-21-8-6-7-9-23(21)29)10-12-22-20(2)11-13-24-27(3,4)25(31)14-16-28(22,24)5/h6-9,18,22,24-25,31H,2,10-17H2,1,3-5H3,(H,30,32)/b19-18+/t22-,24-,25-,28+/m1/s1. The summed E-state index contributed by atoms with van der Waals surface area (Å²) >= 11 is 0. The number of carbonyl (C=O) groups is 1. The molecule has 2 saturated carbocycles. The highest BCUT2D eigenvalue weighted by Crippen LogP contribution is 2.61. The zero-order valence-electron chi connectivity index (χ0n) is 20.2. The summed E-state index contributed by atoms with van der Waals surface area (Å²) in [7, 11) is 0. The van der Waals surface area contributed by atoms with Gasteiger partial charge in [0.15, 0.2) is 0 Å². The normalized spacial score (nSPS) is 30.0. The van der Waals surface area contributed by atoms with Crippen molar-refractivity contribution in [3.05, 3.63) is 59.4 Å². The minimum Gasteiger partial charge on any atom is -0.393 e. The molecular weight excluding hydrogens is 401 g/mol. The van der Waals surface area contributed by atoms with Crippen LogP contribution < -0.4 is 5.32 Å². The van der Waals surface area contributed by atoms with Gasteiger partial charge in [-0.25, -0.2) is 4.39 Å². The van der Waals surface area contributed by atoms with Crippen molar-refractivity contribution in [3.8, 4) is 0 Å². The smallest absolute Gasteiger partial charge is 0.243 e. The van der Waals surface area contributed by atoms with Crippen LogP contribution in [0, 0.1) is 28.5 Å². The highest BCUT2D eigenvalue weighted by Gasteiger charge is 2.55. The molecule has 0 bridgehead atoms. The summed E-state index contributed by atoms with van der Waals surface area (Å²) in [6, 6.07) is 6.67. The molecule has 0 unspecified atom stereocenters. The number of halogens is 1. The number of hydrogen-bond acceptors (Lipinski definition) is 2. The van der Waals surface area contributed by atoms with Crippen LogP contribution in [0.15, 0.2) is 48.1 Å². The Bertz CT molecular complexity index is 874. The number of aliphatic hydroxyl groups excluding tert-OH is 1. The summed E-state index contributed by atoms with van der Waals surface area (Å²) in [6.07, 6.45) is 7.79. The summed E-state index contributed by atoms with van der Waals surface area (Å²) < 4.78 is 13.7. The molecule has 2 aliphatic carbocycles. The molecule has 32 heavy (non-hydrogen) atoms. The number of allylic oxidation sites excluding steroid dienone is 2. The summed E-state index contributed by atoms with van der Waals surface area (Å²) in [5.74, 6) is 0.555. The van der Waals surface area contributed by atoms with E-state index in [0.29, 0.717) is 30.4 Å². The maximum atomic E-state index is 13.7. The Kier molecular flexibility index (Phi) is 7.65. The Labute approximate surface area is 193 Å². The molecule has 0 saturated heterocycles. The van der Waals surface area contributed by atoms with E-state index in [2.05, 4.69) is 32.7 Å². The Balaban J connectivity index is 1.56. The number of rotatable bonds is 7. The fourth-order valence-corrected chi connectivity index (χ4v) is 6.44. The first-order valence-corrected chi connectivity index (χ1v) is 12.1. The molecule has 3 rings (SSSR count). The molecule has 4 atom stereocenters. The van der Waals surface area contributed by atoms with Gasteiger partial charge in [0.2, 0.25) is 5.91 Å². The zero-order valence-corrected chi connectivity index (χ0v) is 20.2. The number of fused-ring (bicyclic) bond motifs is 1. The van der Waals surface area contributed by atoms with Gasteiger partial charge in [0.25, 0.3) is 0 Å². The Morgan fingerprint density at radius 1 is 1.28 bits per heavy atom. The summed E-state index contributed by atoms with van der Waals surface area (Å²) in [5.41, 5.74) is 3.09. The van der Waals surface area contributed by atoms with E-state index in [1.165, 1.54) is 11.6 Å². The number of nitrogens with one attached hydrogen (secondary N) is 1. The third-order valence-electron chi connectivity index (χ3n) is 8.41. The number of hydrogen-bond donors (Lipinski definition) is 2. The fraction of sp³-hybridized carbons (Fsp3) is 0.607. The van der Waals surface area contributed by atoms with Gasteiger partial charge >= 0.3 is 0 Å². The van der Waals surface area contributed by atoms with Crippen molar-refractivity contribution in [2.45, 2.75) is 78.7 Å². The molecule has 2 fully saturated rings. The predicted molar refractivity (Wildman–Crippen MR) is 129 cm³/mol. The molecule has 3 nitrogen and oxygen atoms in total. The molecule has 4 heteroatoms. The molecule has 1 aromatic carbocycles. The van der Waals surface area contributed by atoms with Crippen molar-refractivity contribution in [1.29, 1.82) is 0 Å². The van der Waals surface area contributed by atoms with Crippen LogP contribution in [0.1, 0.15) is 71.8 Å². The van der Waals surface area contributed by atoms with E-state index in [9.17, 15) is 14.3 Å². The van der Waals surface area contributed by atoms with Crippen molar-refractivity contribution in [1.82, 2.24) is 5.32 Å². The number of benzene rings is 1. The second-order valence-electron chi connectivity index (χ2n) is 10.8. The van der Waals surface area contributed by atoms with E-state index in [-0.39, 0.29) is 28.7 Å². The van der Waals surface area contributed by atoms with Crippen LogP contribution in [-0.4, -0.2) is 23.7 Å². The van der Waals surface area contributed by atoms with E-state index in [1.807, 2.05) is 13.0 Å². The number of aliphatic hydroxyl groups is 1. The molecule has 1 aromatic rings. The third-order valence-corrected chi connectivity index (χ3v) is 8.41. The Morgan fingerprint density at radius 3 is 2.72 bits per heavy atom. The largest absolute Gasteiger partial charge is 0.393 e. The Morgan fingerprint density at radius 2 is 2.00 bits per heavy atom. The first kappa shape index (κ1) is 24.7. The lowest BCUT2D eigenvalue weighted by Gasteiger charge is -2.59. The maximum absolute atomic E-state index is 13.7. The minimum atomic E-state index is -0.234. The van der Waals surface area contributed by atoms with Crippen molar-refractivity contribution in [2.75, 3.05) is 6.54 Å². The van der Waals surface area contributed by atoms with Crippen LogP contribution in [0.2, 0.25) is 0 Å². The van der Waals surface area contributed by atoms with Crippen LogP contribution in [-0.2, 0) is 11.2 Å². The van der Waals surface area contributed by atoms with Crippen molar-refractivity contribution in [3.63, 3.8) is 0 Å². The van der Waals surface area contributed by atoms with E-state index < -0.39 is 0 Å². The number of amides is 1. The lowest BCUT2D eigenvalue weighted by Crippen LogP contribution is -2.54. The predicted octanol–water partition coefficient (Wildman–Crippen LogP) is 5.98. The van der Waals surface area contributed by atoms with Crippen LogP contribution >= 0.6 is 0 Å². The molecule has 0 spiro atoms. The monoisotopic (exact) mass is 441 g/mol. The lowest BCUT2D eigenvalue weighted by molar-refractivity contribution is -0.124. The van der Waals surface area contributed by atoms with E-state index in [4.69, 9.17) is 0 Å². The molecular formula is C28H40FNO2. The molecule has 2 N–H and O–H groups in total. The molecule has 0 aromatic heterocycles. The van der Waals surface area contributed by atoms with Gasteiger partial charge in [-0.15, -0.1) is 0 Å². The minimum absolute atomic E-state index is 0.0745. The zero-order chi connectivity index (χ0) is 23.5. The maximum Gasteiger partial charge on any atom is 0.243 e. The second kappa shape index (κ2) is 9.91. The molecule has 2 aliphatic rings. The Hall–Kier alpha value is -1.94. The van der Waals surface area contributed by atoms with Gasteiger partial charge in [0, 0.05) is 12.6 Å². The van der Waals surface area contributed by atoms with Gasteiger partial charge in [-0.1, -0.05) is 56.7 Å². The van der Waals surface area contributed by atoms with Crippen LogP contribution in [0.4, 0.5) is 4.39 Å². The van der Waals surface area contributed by atoms with Gasteiger partial charge in [-0.2, -0.15) is 0 Å². The van der Waals surface area contributed by atoms with Crippen molar-refractivity contribution in [2.24, 2.45) is 22.7 Å². The van der Waals surface area contributed by atoms with Crippen LogP contribution in [0.5, 0.6) is 0 Å². The second-order valence-corrected chi connectivity index (χ2v) is 10.8. The quantitative estimate of drug-likeness (QED) is 0.404. The van der Waals surface area contributed by atoms with E-state index in [0.717, 1.165) is 44.1 Å². The molecule has 1 amide bonds. The highest BCUT2D eigenvalue weighted by molar-refractivity contribution is 5.88. The fourth-order valence-electron chi connectivity index (χ4n) is 6.44. The summed E-state index contributed by atoms with van der Waals surface area (Å²) in [6.45, 7) is 13.7. The summed E-state index contributed by atoms with van der Waals surface area (Å²) in [4.78, 5) is 12.3. The topological polar surface area (TPSA) is 49.3 Å². The average Bonchev–Trinajstić information content (AvgIpc) is 2.72. The molecule has 0 heterocycles. The van der Waals surface area contributed by atoms with Gasteiger partial charge in [-0.05, 0) is 86.2 Å². The molecule has 176 valence electrons. The van der Waals surface area contributed by atoms with Crippen molar-refractivity contribution < 1.29 is 14.3 Å². The first-order chi connectivity index (χ1) is 15.1. The van der Waals surface area contributed by atoms with E-state index in [1.54, 1.807) is 18.2 Å². The third kappa shape index (κ3) is 5.17. The SMILES string of the molecule is C=C1CC[C@@H]2C(C)(C)[C@H](O)CC[C@@]2(C)[C@@H]1CC/C(C)=C/C(=O)NCCc1ccccc1F. The van der Waals surface area contributed by atoms with Crippen molar-refractivity contribution >= 4 is 5.91 Å². The van der Waals surface area contributed by atoms with Crippen LogP contribution in [0.3, 0.4) is 0 Å². The van der Waals surface area contributed by atoms with E-state index >= 15 is 0 Å². The molecule has 0 radical (unpaired) electrons. The highest BCUT2D eigenvalue weighted by atomic mass is 19.1. The number of carbonyl (C=O) groups excluding carboxylic acids is 1. The van der Waals surface area contributed by atoms with Gasteiger partial charge in [0.05, 0.1) is 6.10 Å².